The molecule has 1 saturated heterocycles. The van der Waals surface area contributed by atoms with Gasteiger partial charge < -0.3 is 5.73 Å². The lowest BCUT2D eigenvalue weighted by Crippen LogP contribution is -2.48. The molecule has 2 aromatic rings. The first-order valence-corrected chi connectivity index (χ1v) is 9.62. The third-order valence-electron chi connectivity index (χ3n) is 4.08. The van der Waals surface area contributed by atoms with Crippen molar-refractivity contribution in [3.05, 3.63) is 42.4 Å². The summed E-state index contributed by atoms with van der Waals surface area (Å²) >= 11 is 0. The molecule has 2 heterocycles. The van der Waals surface area contributed by atoms with E-state index >= 15 is 0 Å². The Bertz CT molecular complexity index is 802. The van der Waals surface area contributed by atoms with Gasteiger partial charge >= 0.3 is 0 Å². The molecule has 1 fully saturated rings. The Hall–Kier alpha value is -2.03. The summed E-state index contributed by atoms with van der Waals surface area (Å²) in [6, 6.07) is 9.77. The third kappa shape index (κ3) is 3.89. The van der Waals surface area contributed by atoms with Gasteiger partial charge in [0.2, 0.25) is 10.0 Å². The van der Waals surface area contributed by atoms with E-state index in [9.17, 15) is 8.42 Å². The number of sulfonamides is 1. The number of nitrogens with zero attached hydrogens (tertiary/aromatic N) is 4. The maximum absolute atomic E-state index is 11.6. The molecule has 7 nitrogen and oxygen atoms in total. The Morgan fingerprint density at radius 1 is 1.12 bits per heavy atom. The number of nitrogens with two attached hydrogens (primary N) is 1. The van der Waals surface area contributed by atoms with Gasteiger partial charge in [0.05, 0.1) is 30.4 Å². The summed E-state index contributed by atoms with van der Waals surface area (Å²) in [5.74, 6) is 0.691. The van der Waals surface area contributed by atoms with Crippen LogP contribution in [0, 0.1) is 0 Å². The normalized spacial score (nSPS) is 17.0. The standard InChI is InChI=1S/C16H21N5O2S/c1-24(22,23)21-9-7-20(8-10-21)12-15-18-11-14(17)16(19-15)13-5-3-2-4-6-13/h2-6,11H,7-10,12,17H2,1H3. The highest BCUT2D eigenvalue weighted by atomic mass is 32.2. The number of hydrogen-bond donors (Lipinski definition) is 1. The van der Waals surface area contributed by atoms with E-state index in [0.29, 0.717) is 44.2 Å². The largest absolute Gasteiger partial charge is 0.396 e. The Kier molecular flexibility index (Phi) is 4.79. The molecule has 0 bridgehead atoms. The van der Waals surface area contributed by atoms with Gasteiger partial charge in [0, 0.05) is 31.7 Å². The predicted molar refractivity (Wildman–Crippen MR) is 93.6 cm³/mol. The topological polar surface area (TPSA) is 92.4 Å². The van der Waals surface area contributed by atoms with Gasteiger partial charge in [-0.1, -0.05) is 30.3 Å². The van der Waals surface area contributed by atoms with E-state index < -0.39 is 10.0 Å². The van der Waals surface area contributed by atoms with E-state index in [-0.39, 0.29) is 0 Å². The van der Waals surface area contributed by atoms with Crippen LogP contribution in [-0.4, -0.2) is 60.0 Å². The average molecular weight is 347 g/mol. The highest BCUT2D eigenvalue weighted by Crippen LogP contribution is 2.23. The van der Waals surface area contributed by atoms with Crippen molar-refractivity contribution in [3.63, 3.8) is 0 Å². The maximum Gasteiger partial charge on any atom is 0.211 e. The highest BCUT2D eigenvalue weighted by molar-refractivity contribution is 7.88. The molecule has 1 aliphatic rings. The van der Waals surface area contributed by atoms with Crippen LogP contribution in [0.4, 0.5) is 5.69 Å². The van der Waals surface area contributed by atoms with Gasteiger partial charge in [0.25, 0.3) is 0 Å². The Labute approximate surface area is 142 Å². The number of piperazine rings is 1. The zero-order valence-corrected chi connectivity index (χ0v) is 14.4. The molecule has 0 spiro atoms. The fourth-order valence-corrected chi connectivity index (χ4v) is 3.58. The molecule has 0 amide bonds. The van der Waals surface area contributed by atoms with E-state index in [2.05, 4.69) is 14.9 Å². The average Bonchev–Trinajstić information content (AvgIpc) is 2.57. The van der Waals surface area contributed by atoms with Crippen molar-refractivity contribution in [2.75, 3.05) is 38.2 Å². The first kappa shape index (κ1) is 16.8. The van der Waals surface area contributed by atoms with Gasteiger partial charge in [-0.05, 0) is 0 Å². The molecule has 8 heteroatoms. The van der Waals surface area contributed by atoms with Crippen molar-refractivity contribution in [1.82, 2.24) is 19.2 Å². The molecule has 1 aromatic carbocycles. The van der Waals surface area contributed by atoms with E-state index in [1.165, 1.54) is 10.6 Å². The first-order chi connectivity index (χ1) is 11.4. The fraction of sp³-hybridized carbons (Fsp3) is 0.375. The van der Waals surface area contributed by atoms with Crippen molar-refractivity contribution in [1.29, 1.82) is 0 Å². The number of nitrogen functional groups attached to an aromatic ring is 1. The predicted octanol–water partition coefficient (Wildman–Crippen LogP) is 0.803. The van der Waals surface area contributed by atoms with Crippen molar-refractivity contribution in [3.8, 4) is 11.3 Å². The lowest BCUT2D eigenvalue weighted by Gasteiger charge is -2.32. The highest BCUT2D eigenvalue weighted by Gasteiger charge is 2.23. The van der Waals surface area contributed by atoms with Crippen LogP contribution in [-0.2, 0) is 16.6 Å². The Balaban J connectivity index is 1.71. The molecule has 0 saturated carbocycles. The summed E-state index contributed by atoms with van der Waals surface area (Å²) in [5, 5.41) is 0. The number of rotatable bonds is 4. The summed E-state index contributed by atoms with van der Waals surface area (Å²) in [7, 11) is -3.11. The summed E-state index contributed by atoms with van der Waals surface area (Å²) in [4.78, 5) is 11.1. The van der Waals surface area contributed by atoms with E-state index in [4.69, 9.17) is 5.73 Å². The van der Waals surface area contributed by atoms with Crippen molar-refractivity contribution in [2.45, 2.75) is 6.54 Å². The van der Waals surface area contributed by atoms with Crippen LogP contribution in [0.2, 0.25) is 0 Å². The second-order valence-electron chi connectivity index (χ2n) is 5.89. The molecule has 0 atom stereocenters. The minimum Gasteiger partial charge on any atom is -0.396 e. The third-order valence-corrected chi connectivity index (χ3v) is 5.38. The first-order valence-electron chi connectivity index (χ1n) is 7.78. The summed E-state index contributed by atoms with van der Waals surface area (Å²) in [6.45, 7) is 2.92. The van der Waals surface area contributed by atoms with Crippen LogP contribution in [0.5, 0.6) is 0 Å². The van der Waals surface area contributed by atoms with Crippen LogP contribution in [0.3, 0.4) is 0 Å². The van der Waals surface area contributed by atoms with Crippen molar-refractivity contribution >= 4 is 15.7 Å². The number of hydrogen-bond acceptors (Lipinski definition) is 6. The maximum atomic E-state index is 11.6. The Morgan fingerprint density at radius 2 is 1.79 bits per heavy atom. The molecule has 1 aromatic heterocycles. The van der Waals surface area contributed by atoms with Gasteiger partial charge in [-0.3, -0.25) is 4.90 Å². The number of aromatic nitrogens is 2. The number of benzene rings is 1. The van der Waals surface area contributed by atoms with Crippen molar-refractivity contribution in [2.24, 2.45) is 0 Å². The van der Waals surface area contributed by atoms with Gasteiger partial charge in [-0.15, -0.1) is 0 Å². The van der Waals surface area contributed by atoms with Crippen LogP contribution < -0.4 is 5.73 Å². The van der Waals surface area contributed by atoms with Crippen LogP contribution >= 0.6 is 0 Å². The molecule has 0 unspecified atom stereocenters. The van der Waals surface area contributed by atoms with Gasteiger partial charge in [0.1, 0.15) is 5.82 Å². The SMILES string of the molecule is CS(=O)(=O)N1CCN(Cc2ncc(N)c(-c3ccccc3)n2)CC1. The molecule has 3 rings (SSSR count). The molecule has 128 valence electrons. The second kappa shape index (κ2) is 6.84. The van der Waals surface area contributed by atoms with Crippen LogP contribution in [0.25, 0.3) is 11.3 Å². The molecule has 0 aliphatic carbocycles. The molecular formula is C16H21N5O2S. The lowest BCUT2D eigenvalue weighted by atomic mass is 10.1. The van der Waals surface area contributed by atoms with E-state index in [1.807, 2.05) is 30.3 Å². The molecule has 24 heavy (non-hydrogen) atoms. The monoisotopic (exact) mass is 347 g/mol. The smallest absolute Gasteiger partial charge is 0.211 e. The van der Waals surface area contributed by atoms with Crippen molar-refractivity contribution < 1.29 is 8.42 Å². The Morgan fingerprint density at radius 3 is 2.42 bits per heavy atom. The second-order valence-corrected chi connectivity index (χ2v) is 7.88. The lowest BCUT2D eigenvalue weighted by molar-refractivity contribution is 0.178. The minimum absolute atomic E-state index is 0.499. The fourth-order valence-electron chi connectivity index (χ4n) is 2.75. The van der Waals surface area contributed by atoms with E-state index in [1.54, 1.807) is 6.20 Å². The van der Waals surface area contributed by atoms with Crippen LogP contribution in [0.1, 0.15) is 5.82 Å². The van der Waals surface area contributed by atoms with Gasteiger partial charge in [-0.25, -0.2) is 18.4 Å². The zero-order valence-electron chi connectivity index (χ0n) is 13.6. The van der Waals surface area contributed by atoms with Gasteiger partial charge in [0.15, 0.2) is 0 Å². The summed E-state index contributed by atoms with van der Waals surface area (Å²) in [5.41, 5.74) is 8.25. The zero-order chi connectivity index (χ0) is 17.2. The van der Waals surface area contributed by atoms with Gasteiger partial charge in [-0.2, -0.15) is 4.31 Å². The molecule has 2 N–H and O–H groups in total. The number of anilines is 1. The summed E-state index contributed by atoms with van der Waals surface area (Å²) < 4.78 is 24.6. The summed E-state index contributed by atoms with van der Waals surface area (Å²) in [6.07, 6.45) is 2.88. The van der Waals surface area contributed by atoms with E-state index in [0.717, 1.165) is 11.3 Å². The minimum atomic E-state index is -3.11. The molecular weight excluding hydrogens is 326 g/mol. The quantitative estimate of drug-likeness (QED) is 0.880. The van der Waals surface area contributed by atoms with Crippen LogP contribution in [0.15, 0.2) is 36.5 Å². The molecule has 0 radical (unpaired) electrons. The molecule has 1 aliphatic heterocycles.